The molecule has 2 aliphatic rings. The van der Waals surface area contributed by atoms with Crippen molar-refractivity contribution in [2.24, 2.45) is 5.92 Å². The summed E-state index contributed by atoms with van der Waals surface area (Å²) < 4.78 is 10.8. The van der Waals surface area contributed by atoms with Crippen molar-refractivity contribution in [3.8, 4) is 5.75 Å². The summed E-state index contributed by atoms with van der Waals surface area (Å²) in [4.78, 5) is 11.0. The summed E-state index contributed by atoms with van der Waals surface area (Å²) in [6.07, 6.45) is 0.607. The highest BCUT2D eigenvalue weighted by atomic mass is 16.7. The molecule has 2 N–H and O–H groups in total. The number of para-hydroxylation sites is 1. The first-order valence-corrected chi connectivity index (χ1v) is 6.04. The van der Waals surface area contributed by atoms with Crippen LogP contribution in [0.15, 0.2) is 18.2 Å². The minimum absolute atomic E-state index is 0.0548. The van der Waals surface area contributed by atoms with Crippen LogP contribution in [0.4, 0.5) is 0 Å². The Kier molecular flexibility index (Phi) is 2.93. The molecule has 1 saturated heterocycles. The van der Waals surface area contributed by atoms with Gasteiger partial charge in [-0.1, -0.05) is 18.2 Å². The fraction of sp³-hybridized carbons (Fsp3) is 0.462. The van der Waals surface area contributed by atoms with E-state index >= 15 is 0 Å². The maximum Gasteiger partial charge on any atom is 0.307 e. The maximum atomic E-state index is 11.0. The van der Waals surface area contributed by atoms with Gasteiger partial charge in [-0.3, -0.25) is 4.79 Å². The zero-order valence-corrected chi connectivity index (χ0v) is 9.89. The molecule has 1 fully saturated rings. The first kappa shape index (κ1) is 11.5. The van der Waals surface area contributed by atoms with Gasteiger partial charge < -0.3 is 19.9 Å². The van der Waals surface area contributed by atoms with Crippen LogP contribution in [0.1, 0.15) is 23.6 Å². The van der Waals surface area contributed by atoms with Gasteiger partial charge in [-0.25, -0.2) is 0 Å². The molecule has 2 atom stereocenters. The standard InChI is InChI=1S/C13H15NO4/c15-13(16)9-4-11(14-5-9)10-3-1-2-8-6-17-7-18-12(8)10/h1-3,9,11,14H,4-7H2,(H,15,16). The molecule has 96 valence electrons. The summed E-state index contributed by atoms with van der Waals surface area (Å²) in [6.45, 7) is 1.33. The number of carbonyl (C=O) groups is 1. The molecule has 0 radical (unpaired) electrons. The average molecular weight is 249 g/mol. The van der Waals surface area contributed by atoms with Gasteiger partial charge in [0.25, 0.3) is 0 Å². The Morgan fingerprint density at radius 1 is 1.44 bits per heavy atom. The molecule has 0 bridgehead atoms. The van der Waals surface area contributed by atoms with E-state index in [1.165, 1.54) is 0 Å². The molecule has 1 aromatic rings. The van der Waals surface area contributed by atoms with Gasteiger partial charge >= 0.3 is 5.97 Å². The van der Waals surface area contributed by atoms with E-state index in [2.05, 4.69) is 5.32 Å². The lowest BCUT2D eigenvalue weighted by Crippen LogP contribution is -2.19. The van der Waals surface area contributed by atoms with Crippen LogP contribution in [0.3, 0.4) is 0 Å². The molecule has 5 heteroatoms. The van der Waals surface area contributed by atoms with Crippen LogP contribution in [0.5, 0.6) is 5.75 Å². The van der Waals surface area contributed by atoms with Gasteiger partial charge in [0.2, 0.25) is 0 Å². The van der Waals surface area contributed by atoms with Crippen molar-refractivity contribution in [1.29, 1.82) is 0 Å². The van der Waals surface area contributed by atoms with Gasteiger partial charge in [0, 0.05) is 23.7 Å². The SMILES string of the molecule is O=C(O)C1CNC(c2cccc3c2OCOC3)C1. The molecule has 0 aliphatic carbocycles. The van der Waals surface area contributed by atoms with Crippen molar-refractivity contribution < 1.29 is 19.4 Å². The summed E-state index contributed by atoms with van der Waals surface area (Å²) in [5.41, 5.74) is 2.07. The van der Waals surface area contributed by atoms with E-state index in [-0.39, 0.29) is 18.8 Å². The molecule has 5 nitrogen and oxygen atoms in total. The van der Waals surface area contributed by atoms with Crippen molar-refractivity contribution >= 4 is 5.97 Å². The number of fused-ring (bicyclic) bond motifs is 1. The van der Waals surface area contributed by atoms with Gasteiger partial charge in [-0.15, -0.1) is 0 Å². The highest BCUT2D eigenvalue weighted by molar-refractivity contribution is 5.71. The predicted octanol–water partition coefficient (Wildman–Crippen LogP) is 1.29. The number of hydrogen-bond acceptors (Lipinski definition) is 4. The number of rotatable bonds is 2. The molecule has 2 aliphatic heterocycles. The minimum Gasteiger partial charge on any atom is -0.481 e. The number of benzene rings is 1. The highest BCUT2D eigenvalue weighted by Gasteiger charge is 2.32. The third kappa shape index (κ3) is 1.95. The number of ether oxygens (including phenoxy) is 2. The third-order valence-electron chi connectivity index (χ3n) is 3.53. The van der Waals surface area contributed by atoms with E-state index in [0.29, 0.717) is 19.6 Å². The summed E-state index contributed by atoms with van der Waals surface area (Å²) >= 11 is 0. The second-order valence-electron chi connectivity index (χ2n) is 4.68. The summed E-state index contributed by atoms with van der Waals surface area (Å²) in [5, 5.41) is 12.3. The molecule has 0 spiro atoms. The lowest BCUT2D eigenvalue weighted by molar-refractivity contribution is -0.141. The Bertz CT molecular complexity index is 474. The Hall–Kier alpha value is -1.59. The van der Waals surface area contributed by atoms with Gasteiger partial charge in [0.15, 0.2) is 6.79 Å². The molecule has 18 heavy (non-hydrogen) atoms. The van der Waals surface area contributed by atoms with E-state index in [9.17, 15) is 4.79 Å². The van der Waals surface area contributed by atoms with Crippen LogP contribution in [0.2, 0.25) is 0 Å². The molecule has 2 unspecified atom stereocenters. The lowest BCUT2D eigenvalue weighted by Gasteiger charge is -2.23. The van der Waals surface area contributed by atoms with Gasteiger partial charge in [0.05, 0.1) is 12.5 Å². The second kappa shape index (κ2) is 4.59. The molecular formula is C13H15NO4. The van der Waals surface area contributed by atoms with E-state index < -0.39 is 5.97 Å². The highest BCUT2D eigenvalue weighted by Crippen LogP contribution is 2.37. The van der Waals surface area contributed by atoms with Crippen molar-refractivity contribution in [2.45, 2.75) is 19.1 Å². The minimum atomic E-state index is -0.737. The Balaban J connectivity index is 1.87. The van der Waals surface area contributed by atoms with Crippen molar-refractivity contribution in [3.63, 3.8) is 0 Å². The zero-order chi connectivity index (χ0) is 12.5. The number of hydrogen-bond donors (Lipinski definition) is 2. The smallest absolute Gasteiger partial charge is 0.307 e. The Morgan fingerprint density at radius 2 is 2.33 bits per heavy atom. The van der Waals surface area contributed by atoms with Crippen molar-refractivity contribution in [2.75, 3.05) is 13.3 Å². The first-order chi connectivity index (χ1) is 8.75. The molecule has 0 saturated carbocycles. The van der Waals surface area contributed by atoms with Gasteiger partial charge in [-0.2, -0.15) is 0 Å². The van der Waals surface area contributed by atoms with E-state index in [1.807, 2.05) is 18.2 Å². The molecule has 0 aromatic heterocycles. The summed E-state index contributed by atoms with van der Waals surface area (Å²) in [6, 6.07) is 5.98. The largest absolute Gasteiger partial charge is 0.481 e. The molecule has 2 heterocycles. The Labute approximate surface area is 105 Å². The maximum absolute atomic E-state index is 11.0. The summed E-state index contributed by atoms with van der Waals surface area (Å²) in [7, 11) is 0. The van der Waals surface area contributed by atoms with Gasteiger partial charge in [-0.05, 0) is 6.42 Å². The molecule has 3 rings (SSSR count). The van der Waals surface area contributed by atoms with E-state index in [0.717, 1.165) is 16.9 Å². The quantitative estimate of drug-likeness (QED) is 0.826. The first-order valence-electron chi connectivity index (χ1n) is 6.04. The topological polar surface area (TPSA) is 67.8 Å². The van der Waals surface area contributed by atoms with Crippen molar-refractivity contribution in [1.82, 2.24) is 5.32 Å². The normalized spacial score (nSPS) is 26.4. The predicted molar refractivity (Wildman–Crippen MR) is 63.2 cm³/mol. The number of aliphatic carboxylic acids is 1. The van der Waals surface area contributed by atoms with Crippen LogP contribution >= 0.6 is 0 Å². The van der Waals surface area contributed by atoms with Crippen LogP contribution in [-0.2, 0) is 16.1 Å². The molecule has 1 aromatic carbocycles. The molecular weight excluding hydrogens is 234 g/mol. The molecule has 0 amide bonds. The van der Waals surface area contributed by atoms with Crippen LogP contribution < -0.4 is 10.1 Å². The zero-order valence-electron chi connectivity index (χ0n) is 9.89. The third-order valence-corrected chi connectivity index (χ3v) is 3.53. The monoisotopic (exact) mass is 249 g/mol. The van der Waals surface area contributed by atoms with Crippen LogP contribution in [-0.4, -0.2) is 24.4 Å². The fourth-order valence-corrected chi connectivity index (χ4v) is 2.58. The number of nitrogens with one attached hydrogen (secondary N) is 1. The summed E-state index contributed by atoms with van der Waals surface area (Å²) in [5.74, 6) is -0.197. The second-order valence-corrected chi connectivity index (χ2v) is 4.68. The van der Waals surface area contributed by atoms with E-state index in [4.69, 9.17) is 14.6 Å². The number of carboxylic acids is 1. The van der Waals surface area contributed by atoms with E-state index in [1.54, 1.807) is 0 Å². The van der Waals surface area contributed by atoms with Crippen LogP contribution in [0, 0.1) is 5.92 Å². The fourth-order valence-electron chi connectivity index (χ4n) is 2.58. The van der Waals surface area contributed by atoms with Crippen molar-refractivity contribution in [3.05, 3.63) is 29.3 Å². The lowest BCUT2D eigenvalue weighted by atomic mass is 9.97. The Morgan fingerprint density at radius 3 is 3.11 bits per heavy atom. The van der Waals surface area contributed by atoms with Crippen LogP contribution in [0.25, 0.3) is 0 Å². The average Bonchev–Trinajstić information content (AvgIpc) is 2.87. The van der Waals surface area contributed by atoms with Gasteiger partial charge in [0.1, 0.15) is 5.75 Å². The number of carboxylic acid groups (broad SMARTS) is 1.